The zero-order valence-corrected chi connectivity index (χ0v) is 8.06. The van der Waals surface area contributed by atoms with Crippen molar-refractivity contribution in [3.8, 4) is 0 Å². The van der Waals surface area contributed by atoms with Gasteiger partial charge in [-0.15, -0.1) is 0 Å². The molecule has 1 aromatic carbocycles. The lowest BCUT2D eigenvalue weighted by molar-refractivity contribution is -0.0790. The summed E-state index contributed by atoms with van der Waals surface area (Å²) in [5, 5.41) is 0. The van der Waals surface area contributed by atoms with Gasteiger partial charge >= 0.3 is 6.18 Å². The standard InChI is InChI=1S/C9H6BrF3/c10-8-4-2-1-3-7(8)5-6-9(11,12)13/h1-6H/b6-5+. The van der Waals surface area contributed by atoms with E-state index in [0.717, 1.165) is 6.08 Å². The van der Waals surface area contributed by atoms with Crippen LogP contribution < -0.4 is 0 Å². The largest absolute Gasteiger partial charge is 0.409 e. The van der Waals surface area contributed by atoms with Crippen LogP contribution in [0.15, 0.2) is 34.8 Å². The fraction of sp³-hybridized carbons (Fsp3) is 0.111. The molecule has 0 bridgehead atoms. The Morgan fingerprint density at radius 2 is 1.77 bits per heavy atom. The smallest absolute Gasteiger partial charge is 0.167 e. The average Bonchev–Trinajstić information content (AvgIpc) is 2.01. The zero-order chi connectivity index (χ0) is 9.90. The van der Waals surface area contributed by atoms with Crippen molar-refractivity contribution in [2.24, 2.45) is 0 Å². The zero-order valence-electron chi connectivity index (χ0n) is 6.48. The number of hydrogen-bond acceptors (Lipinski definition) is 0. The lowest BCUT2D eigenvalue weighted by Crippen LogP contribution is -2.00. The molecule has 0 N–H and O–H groups in total. The highest BCUT2D eigenvalue weighted by atomic mass is 79.9. The lowest BCUT2D eigenvalue weighted by Gasteiger charge is -1.99. The van der Waals surface area contributed by atoms with Crippen molar-refractivity contribution in [2.75, 3.05) is 0 Å². The molecule has 4 heteroatoms. The first-order valence-electron chi connectivity index (χ1n) is 3.49. The molecule has 0 saturated carbocycles. The molecule has 0 aliphatic heterocycles. The summed E-state index contributed by atoms with van der Waals surface area (Å²) < 4.78 is 36.0. The van der Waals surface area contributed by atoms with Gasteiger partial charge in [0.2, 0.25) is 0 Å². The Kier molecular flexibility index (Phi) is 3.14. The van der Waals surface area contributed by atoms with Crippen LogP contribution in [-0.4, -0.2) is 6.18 Å². The van der Waals surface area contributed by atoms with Crippen molar-refractivity contribution in [2.45, 2.75) is 6.18 Å². The molecule has 0 spiro atoms. The topological polar surface area (TPSA) is 0 Å². The Morgan fingerprint density at radius 3 is 2.31 bits per heavy atom. The van der Waals surface area contributed by atoms with Gasteiger partial charge in [-0.25, -0.2) is 0 Å². The predicted molar refractivity (Wildman–Crippen MR) is 49.2 cm³/mol. The van der Waals surface area contributed by atoms with Crippen LogP contribution in [-0.2, 0) is 0 Å². The average molecular weight is 251 g/mol. The molecule has 0 radical (unpaired) electrons. The van der Waals surface area contributed by atoms with Gasteiger partial charge in [0.05, 0.1) is 0 Å². The van der Waals surface area contributed by atoms with Gasteiger partial charge < -0.3 is 0 Å². The van der Waals surface area contributed by atoms with E-state index in [1.54, 1.807) is 24.3 Å². The van der Waals surface area contributed by atoms with Crippen LogP contribution in [0.5, 0.6) is 0 Å². The van der Waals surface area contributed by atoms with E-state index in [1.807, 2.05) is 0 Å². The van der Waals surface area contributed by atoms with E-state index >= 15 is 0 Å². The summed E-state index contributed by atoms with van der Waals surface area (Å²) in [5.74, 6) is 0. The molecule has 0 atom stereocenters. The first kappa shape index (κ1) is 10.3. The summed E-state index contributed by atoms with van der Waals surface area (Å²) >= 11 is 3.15. The van der Waals surface area contributed by atoms with Gasteiger partial charge in [-0.3, -0.25) is 0 Å². The quantitative estimate of drug-likeness (QED) is 0.706. The van der Waals surface area contributed by atoms with Gasteiger partial charge in [-0.1, -0.05) is 34.1 Å². The summed E-state index contributed by atoms with van der Waals surface area (Å²) in [6.07, 6.45) is -3.01. The van der Waals surface area contributed by atoms with E-state index in [2.05, 4.69) is 15.9 Å². The minimum Gasteiger partial charge on any atom is -0.167 e. The third-order valence-electron chi connectivity index (χ3n) is 1.36. The van der Waals surface area contributed by atoms with Gasteiger partial charge in [0, 0.05) is 10.5 Å². The summed E-state index contributed by atoms with van der Waals surface area (Å²) in [5.41, 5.74) is 0.514. The highest BCUT2D eigenvalue weighted by Crippen LogP contribution is 2.21. The normalized spacial score (nSPS) is 12.3. The lowest BCUT2D eigenvalue weighted by atomic mass is 10.2. The highest BCUT2D eigenvalue weighted by Gasteiger charge is 2.21. The van der Waals surface area contributed by atoms with Gasteiger partial charge in [-0.05, 0) is 17.7 Å². The Bertz CT molecular complexity index is 315. The molecule has 0 aliphatic carbocycles. The molecule has 0 unspecified atom stereocenters. The molecule has 0 amide bonds. The third kappa shape index (κ3) is 3.63. The Hall–Kier alpha value is -0.770. The molecule has 0 aliphatic rings. The van der Waals surface area contributed by atoms with E-state index in [9.17, 15) is 13.2 Å². The van der Waals surface area contributed by atoms with Gasteiger partial charge in [0.25, 0.3) is 0 Å². The minimum absolute atomic E-state index is 0.215. The van der Waals surface area contributed by atoms with E-state index < -0.39 is 6.18 Å². The van der Waals surface area contributed by atoms with Crippen LogP contribution in [0.4, 0.5) is 13.2 Å². The molecular formula is C9H6BrF3. The second kappa shape index (κ2) is 3.96. The van der Waals surface area contributed by atoms with Crippen LogP contribution in [0.1, 0.15) is 5.56 Å². The van der Waals surface area contributed by atoms with E-state index in [0.29, 0.717) is 10.0 Å². The summed E-state index contributed by atoms with van der Waals surface area (Å²) in [4.78, 5) is 0. The third-order valence-corrected chi connectivity index (χ3v) is 2.08. The number of allylic oxidation sites excluding steroid dienone is 1. The number of rotatable bonds is 1. The van der Waals surface area contributed by atoms with Gasteiger partial charge in [0.1, 0.15) is 0 Å². The summed E-state index contributed by atoms with van der Waals surface area (Å²) in [7, 11) is 0. The van der Waals surface area contributed by atoms with Crippen LogP contribution in [0, 0.1) is 0 Å². The summed E-state index contributed by atoms with van der Waals surface area (Å²) in [6.45, 7) is 0. The molecule has 0 heterocycles. The van der Waals surface area contributed by atoms with Crippen LogP contribution in [0.25, 0.3) is 6.08 Å². The molecule has 1 rings (SSSR count). The highest BCUT2D eigenvalue weighted by molar-refractivity contribution is 9.10. The maximum absolute atomic E-state index is 11.8. The maximum Gasteiger partial charge on any atom is 0.409 e. The van der Waals surface area contributed by atoms with Crippen molar-refractivity contribution in [3.05, 3.63) is 40.4 Å². The molecule has 0 saturated heterocycles. The van der Waals surface area contributed by atoms with E-state index in [1.165, 1.54) is 0 Å². The molecule has 0 fully saturated rings. The second-order valence-corrected chi connectivity index (χ2v) is 3.25. The van der Waals surface area contributed by atoms with Gasteiger partial charge in [-0.2, -0.15) is 13.2 Å². The van der Waals surface area contributed by atoms with Crippen molar-refractivity contribution in [1.29, 1.82) is 0 Å². The second-order valence-electron chi connectivity index (χ2n) is 2.40. The molecule has 0 aromatic heterocycles. The van der Waals surface area contributed by atoms with Crippen molar-refractivity contribution < 1.29 is 13.2 Å². The Morgan fingerprint density at radius 1 is 1.15 bits per heavy atom. The monoisotopic (exact) mass is 250 g/mol. The Labute approximate surface area is 82.2 Å². The van der Waals surface area contributed by atoms with Crippen LogP contribution in [0.2, 0.25) is 0 Å². The van der Waals surface area contributed by atoms with E-state index in [-0.39, 0.29) is 6.08 Å². The van der Waals surface area contributed by atoms with E-state index in [4.69, 9.17) is 0 Å². The molecule has 13 heavy (non-hydrogen) atoms. The molecule has 1 aromatic rings. The molecule has 70 valence electrons. The summed E-state index contributed by atoms with van der Waals surface area (Å²) in [6, 6.07) is 6.72. The van der Waals surface area contributed by atoms with Crippen LogP contribution in [0.3, 0.4) is 0 Å². The SMILES string of the molecule is FC(F)(F)/C=C/c1ccccc1Br. The molecular weight excluding hydrogens is 245 g/mol. The molecule has 0 nitrogen and oxygen atoms in total. The first-order valence-corrected chi connectivity index (χ1v) is 4.29. The minimum atomic E-state index is -4.25. The fourth-order valence-corrected chi connectivity index (χ4v) is 1.21. The number of alkyl halides is 3. The Balaban J connectivity index is 2.86. The predicted octanol–water partition coefficient (Wildman–Crippen LogP) is 4.02. The maximum atomic E-state index is 11.8. The van der Waals surface area contributed by atoms with Crippen LogP contribution >= 0.6 is 15.9 Å². The van der Waals surface area contributed by atoms with Crippen molar-refractivity contribution >= 4 is 22.0 Å². The number of halogens is 4. The van der Waals surface area contributed by atoms with Crippen molar-refractivity contribution in [1.82, 2.24) is 0 Å². The van der Waals surface area contributed by atoms with Gasteiger partial charge in [0.15, 0.2) is 0 Å². The van der Waals surface area contributed by atoms with Crippen molar-refractivity contribution in [3.63, 3.8) is 0 Å². The number of hydrogen-bond donors (Lipinski definition) is 0. The first-order chi connectivity index (χ1) is 5.99. The fourth-order valence-electron chi connectivity index (χ4n) is 0.795. The number of benzene rings is 1.